The number of fused-ring (bicyclic) bond motifs is 2. The van der Waals surface area contributed by atoms with Crippen molar-refractivity contribution >= 4 is 5.91 Å². The summed E-state index contributed by atoms with van der Waals surface area (Å²) in [5.41, 5.74) is 0.275. The monoisotopic (exact) mass is 278 g/mol. The third kappa shape index (κ3) is 2.49. The van der Waals surface area contributed by atoms with Gasteiger partial charge in [-0.25, -0.2) is 0 Å². The van der Waals surface area contributed by atoms with Crippen molar-refractivity contribution in [1.29, 1.82) is 0 Å². The Morgan fingerprint density at radius 1 is 1.20 bits per heavy atom. The summed E-state index contributed by atoms with van der Waals surface area (Å²) in [7, 11) is 4.12. The van der Waals surface area contributed by atoms with Crippen LogP contribution in [0, 0.1) is 17.3 Å². The first kappa shape index (κ1) is 14.4. The molecule has 3 aliphatic rings. The lowest BCUT2D eigenvalue weighted by molar-refractivity contribution is -0.139. The molecule has 2 saturated carbocycles. The molecule has 1 aliphatic heterocycles. The maximum absolute atomic E-state index is 13.0. The topological polar surface area (TPSA) is 23.6 Å². The molecule has 3 fully saturated rings. The second kappa shape index (κ2) is 5.01. The summed E-state index contributed by atoms with van der Waals surface area (Å²) in [6.07, 6.45) is 7.56. The number of likely N-dealkylation sites (N-methyl/N-ethyl adjacent to an activating group) is 1. The highest BCUT2D eigenvalue weighted by Crippen LogP contribution is 2.47. The molecule has 2 aliphatic carbocycles. The van der Waals surface area contributed by atoms with Crippen LogP contribution in [-0.4, -0.2) is 48.4 Å². The van der Waals surface area contributed by atoms with Gasteiger partial charge in [-0.2, -0.15) is 0 Å². The van der Waals surface area contributed by atoms with Gasteiger partial charge in [0.2, 0.25) is 5.91 Å². The minimum Gasteiger partial charge on any atom is -0.338 e. The van der Waals surface area contributed by atoms with Gasteiger partial charge in [-0.1, -0.05) is 20.3 Å². The van der Waals surface area contributed by atoms with Crippen LogP contribution in [-0.2, 0) is 4.79 Å². The Morgan fingerprint density at radius 3 is 2.50 bits per heavy atom. The van der Waals surface area contributed by atoms with Crippen LogP contribution in [0.25, 0.3) is 0 Å². The van der Waals surface area contributed by atoms with Crippen LogP contribution in [0.2, 0.25) is 0 Å². The van der Waals surface area contributed by atoms with E-state index in [0.29, 0.717) is 11.9 Å². The first-order valence-corrected chi connectivity index (χ1v) is 8.34. The van der Waals surface area contributed by atoms with Crippen molar-refractivity contribution in [3.63, 3.8) is 0 Å². The van der Waals surface area contributed by atoms with Gasteiger partial charge in [0.1, 0.15) is 0 Å². The molecular formula is C17H30N2O. The predicted octanol–water partition coefficient (Wildman–Crippen LogP) is 2.75. The molecule has 0 radical (unpaired) electrons. The summed E-state index contributed by atoms with van der Waals surface area (Å²) in [4.78, 5) is 17.4. The van der Waals surface area contributed by atoms with Crippen LogP contribution in [0.15, 0.2) is 0 Å². The van der Waals surface area contributed by atoms with Gasteiger partial charge in [0, 0.05) is 12.6 Å². The summed E-state index contributed by atoms with van der Waals surface area (Å²) in [5.74, 6) is 2.11. The zero-order valence-electron chi connectivity index (χ0n) is 13.6. The lowest BCUT2D eigenvalue weighted by Crippen LogP contribution is -2.50. The summed E-state index contributed by atoms with van der Waals surface area (Å²) in [6.45, 7) is 5.62. The van der Waals surface area contributed by atoms with Gasteiger partial charge in [-0.05, 0) is 63.5 Å². The van der Waals surface area contributed by atoms with E-state index in [1.165, 1.54) is 25.7 Å². The van der Waals surface area contributed by atoms with E-state index in [-0.39, 0.29) is 11.5 Å². The Bertz CT molecular complexity index is 390. The van der Waals surface area contributed by atoms with E-state index in [9.17, 15) is 4.79 Å². The van der Waals surface area contributed by atoms with E-state index >= 15 is 0 Å². The molecule has 3 rings (SSSR count). The fraction of sp³-hybridized carbons (Fsp3) is 0.941. The zero-order chi connectivity index (χ0) is 14.5. The number of nitrogens with zero attached hydrogens (tertiary/aromatic N) is 2. The quantitative estimate of drug-likeness (QED) is 0.775. The van der Waals surface area contributed by atoms with Crippen LogP contribution in [0.1, 0.15) is 52.4 Å². The third-order valence-electron chi connectivity index (χ3n) is 6.07. The maximum Gasteiger partial charge on any atom is 0.240 e. The van der Waals surface area contributed by atoms with Gasteiger partial charge in [0.05, 0.1) is 6.04 Å². The Morgan fingerprint density at radius 2 is 1.95 bits per heavy atom. The molecule has 0 spiro atoms. The molecule has 20 heavy (non-hydrogen) atoms. The standard InChI is InChI=1S/C17H30N2O/c1-17(2)7-8-19(16(20)15(11-17)18(3)4)14-10-12-5-6-13(14)9-12/h12-15H,5-11H2,1-4H3. The van der Waals surface area contributed by atoms with Gasteiger partial charge in [0.15, 0.2) is 0 Å². The number of rotatable bonds is 2. The number of hydrogen-bond acceptors (Lipinski definition) is 2. The first-order valence-electron chi connectivity index (χ1n) is 8.34. The molecule has 3 nitrogen and oxygen atoms in total. The molecule has 0 aromatic rings. The number of carbonyl (C=O) groups excluding carboxylic acids is 1. The lowest BCUT2D eigenvalue weighted by atomic mass is 9.83. The van der Waals surface area contributed by atoms with Gasteiger partial charge < -0.3 is 4.90 Å². The van der Waals surface area contributed by atoms with Crippen molar-refractivity contribution in [1.82, 2.24) is 9.80 Å². The average molecular weight is 278 g/mol. The third-order valence-corrected chi connectivity index (χ3v) is 6.07. The summed E-state index contributed by atoms with van der Waals surface area (Å²) >= 11 is 0. The summed E-state index contributed by atoms with van der Waals surface area (Å²) in [6, 6.07) is 0.629. The molecule has 1 heterocycles. The Hall–Kier alpha value is -0.570. The zero-order valence-corrected chi connectivity index (χ0v) is 13.6. The van der Waals surface area contributed by atoms with Gasteiger partial charge in [0.25, 0.3) is 0 Å². The van der Waals surface area contributed by atoms with Crippen LogP contribution in [0.3, 0.4) is 0 Å². The van der Waals surface area contributed by atoms with Crippen molar-refractivity contribution in [2.24, 2.45) is 17.3 Å². The van der Waals surface area contributed by atoms with Crippen LogP contribution in [0.4, 0.5) is 0 Å². The fourth-order valence-corrected chi connectivity index (χ4v) is 4.76. The number of hydrogen-bond donors (Lipinski definition) is 0. The van der Waals surface area contributed by atoms with Crippen LogP contribution >= 0.6 is 0 Å². The number of amides is 1. The normalized spacial score (nSPS) is 40.5. The minimum atomic E-state index is 0.0756. The summed E-state index contributed by atoms with van der Waals surface area (Å²) in [5, 5.41) is 0. The highest BCUT2D eigenvalue weighted by molar-refractivity contribution is 5.82. The van der Waals surface area contributed by atoms with Gasteiger partial charge >= 0.3 is 0 Å². The highest BCUT2D eigenvalue weighted by atomic mass is 16.2. The number of carbonyl (C=O) groups is 1. The van der Waals surface area contributed by atoms with Crippen molar-refractivity contribution in [2.45, 2.75) is 64.5 Å². The molecule has 1 amide bonds. The predicted molar refractivity (Wildman–Crippen MR) is 81.4 cm³/mol. The maximum atomic E-state index is 13.0. The molecule has 3 heteroatoms. The molecule has 0 aromatic carbocycles. The van der Waals surface area contributed by atoms with Gasteiger partial charge in [-0.3, -0.25) is 9.69 Å². The Labute approximate surface area is 123 Å². The van der Waals surface area contributed by atoms with Crippen molar-refractivity contribution in [3.8, 4) is 0 Å². The van der Waals surface area contributed by atoms with Crippen LogP contribution in [0.5, 0.6) is 0 Å². The van der Waals surface area contributed by atoms with E-state index in [1.54, 1.807) is 0 Å². The molecule has 0 aromatic heterocycles. The summed E-state index contributed by atoms with van der Waals surface area (Å²) < 4.78 is 0. The Kier molecular flexibility index (Phi) is 3.60. The molecular weight excluding hydrogens is 248 g/mol. The molecule has 4 atom stereocenters. The van der Waals surface area contributed by atoms with Gasteiger partial charge in [-0.15, -0.1) is 0 Å². The molecule has 2 bridgehead atoms. The van der Waals surface area contributed by atoms with Crippen molar-refractivity contribution in [3.05, 3.63) is 0 Å². The SMILES string of the molecule is CN(C)C1CC(C)(C)CCN(C2CC3CCC2C3)C1=O. The average Bonchev–Trinajstić information content (AvgIpc) is 2.95. The van der Waals surface area contributed by atoms with E-state index in [4.69, 9.17) is 0 Å². The first-order chi connectivity index (χ1) is 9.37. The molecule has 1 saturated heterocycles. The van der Waals surface area contributed by atoms with Crippen molar-refractivity contribution in [2.75, 3.05) is 20.6 Å². The van der Waals surface area contributed by atoms with Crippen molar-refractivity contribution < 1.29 is 4.79 Å². The molecule has 114 valence electrons. The lowest BCUT2D eigenvalue weighted by Gasteiger charge is -2.36. The second-order valence-corrected chi connectivity index (χ2v) is 8.37. The smallest absolute Gasteiger partial charge is 0.240 e. The minimum absolute atomic E-state index is 0.0756. The van der Waals surface area contributed by atoms with E-state index in [2.05, 4.69) is 37.7 Å². The highest BCUT2D eigenvalue weighted by Gasteiger charge is 2.46. The van der Waals surface area contributed by atoms with E-state index < -0.39 is 0 Å². The number of likely N-dealkylation sites (tertiary alicyclic amines) is 1. The fourth-order valence-electron chi connectivity index (χ4n) is 4.76. The largest absolute Gasteiger partial charge is 0.338 e. The van der Waals surface area contributed by atoms with E-state index in [0.717, 1.165) is 31.2 Å². The van der Waals surface area contributed by atoms with E-state index in [1.807, 2.05) is 0 Å². The Balaban J connectivity index is 1.81. The molecule has 4 unspecified atom stereocenters. The molecule has 0 N–H and O–H groups in total. The second-order valence-electron chi connectivity index (χ2n) is 8.37. The van der Waals surface area contributed by atoms with Crippen LogP contribution < -0.4 is 0 Å².